The highest BCUT2D eigenvalue weighted by Gasteiger charge is 2.50. The fraction of sp³-hybridized carbons (Fsp3) is 0.833. The van der Waals surface area contributed by atoms with Gasteiger partial charge in [-0.3, -0.25) is 4.79 Å². The summed E-state index contributed by atoms with van der Waals surface area (Å²) in [6.45, 7) is 9.80. The molecule has 2 fully saturated rings. The van der Waals surface area contributed by atoms with Crippen molar-refractivity contribution in [2.24, 2.45) is 23.2 Å². The maximum atomic E-state index is 12.5. The Morgan fingerprint density at radius 1 is 1.25 bits per heavy atom. The maximum Gasteiger partial charge on any atom is 0.313 e. The Balaban J connectivity index is 2.17. The van der Waals surface area contributed by atoms with Crippen molar-refractivity contribution < 1.29 is 9.53 Å². The van der Waals surface area contributed by atoms with E-state index in [0.29, 0.717) is 11.8 Å². The highest BCUT2D eigenvalue weighted by atomic mass is 16.6. The van der Waals surface area contributed by atoms with Gasteiger partial charge in [-0.25, -0.2) is 0 Å². The average molecular weight is 276 g/mol. The molecular formula is C18H28O2. The van der Waals surface area contributed by atoms with Crippen molar-refractivity contribution in [3.63, 3.8) is 0 Å². The lowest BCUT2D eigenvalue weighted by Crippen LogP contribution is -2.44. The Kier molecular flexibility index (Phi) is 4.19. The topological polar surface area (TPSA) is 26.3 Å². The summed E-state index contributed by atoms with van der Waals surface area (Å²) in [5, 5.41) is 0. The molecule has 4 atom stereocenters. The molecule has 2 nitrogen and oxygen atoms in total. The predicted molar refractivity (Wildman–Crippen MR) is 81.0 cm³/mol. The molecule has 2 rings (SSSR count). The minimum atomic E-state index is -0.599. The van der Waals surface area contributed by atoms with Crippen LogP contribution >= 0.6 is 0 Å². The SMILES string of the molecule is CC#CC(C)(OC(=O)C(C)(C)CC)C1CC2CCC1C2. The molecule has 112 valence electrons. The molecule has 0 radical (unpaired) electrons. The van der Waals surface area contributed by atoms with Crippen molar-refractivity contribution in [3.05, 3.63) is 0 Å². The first kappa shape index (κ1) is 15.4. The second kappa shape index (κ2) is 5.43. The quantitative estimate of drug-likeness (QED) is 0.568. The molecule has 0 saturated heterocycles. The van der Waals surface area contributed by atoms with Crippen LogP contribution in [-0.4, -0.2) is 11.6 Å². The number of carbonyl (C=O) groups excluding carboxylic acids is 1. The molecule has 0 heterocycles. The molecule has 0 spiro atoms. The van der Waals surface area contributed by atoms with Gasteiger partial charge in [0, 0.05) is 5.92 Å². The Hall–Kier alpha value is -0.970. The molecule has 2 aliphatic carbocycles. The molecule has 0 amide bonds. The van der Waals surface area contributed by atoms with Crippen molar-refractivity contribution in [3.8, 4) is 11.8 Å². The first-order valence-electron chi connectivity index (χ1n) is 7.99. The summed E-state index contributed by atoms with van der Waals surface area (Å²) in [6.07, 6.45) is 5.91. The standard InChI is InChI=1S/C18H28O2/c1-6-10-18(5,20-16(19)17(3,4)7-2)15-12-13-8-9-14(15)11-13/h13-15H,7-9,11-12H2,1-5H3. The van der Waals surface area contributed by atoms with Gasteiger partial charge in [-0.05, 0) is 65.2 Å². The van der Waals surface area contributed by atoms with Gasteiger partial charge in [0.05, 0.1) is 5.41 Å². The van der Waals surface area contributed by atoms with Crippen molar-refractivity contribution in [1.29, 1.82) is 0 Å². The van der Waals surface area contributed by atoms with Crippen LogP contribution in [-0.2, 0) is 9.53 Å². The number of hydrogen-bond acceptors (Lipinski definition) is 2. The molecule has 20 heavy (non-hydrogen) atoms. The third-order valence-electron chi connectivity index (χ3n) is 5.56. The number of fused-ring (bicyclic) bond motifs is 2. The van der Waals surface area contributed by atoms with E-state index in [2.05, 4.69) is 11.8 Å². The van der Waals surface area contributed by atoms with Crippen molar-refractivity contribution in [1.82, 2.24) is 0 Å². The summed E-state index contributed by atoms with van der Waals surface area (Å²) in [6, 6.07) is 0. The minimum Gasteiger partial charge on any atom is -0.445 e. The van der Waals surface area contributed by atoms with Gasteiger partial charge < -0.3 is 4.74 Å². The van der Waals surface area contributed by atoms with Gasteiger partial charge in [-0.2, -0.15) is 0 Å². The van der Waals surface area contributed by atoms with Gasteiger partial charge in [-0.15, -0.1) is 5.92 Å². The second-order valence-electron chi connectivity index (χ2n) is 7.39. The fourth-order valence-electron chi connectivity index (χ4n) is 3.84. The van der Waals surface area contributed by atoms with Crippen molar-refractivity contribution >= 4 is 5.97 Å². The van der Waals surface area contributed by atoms with E-state index in [1.54, 1.807) is 0 Å². The average Bonchev–Trinajstić information content (AvgIpc) is 3.01. The van der Waals surface area contributed by atoms with E-state index >= 15 is 0 Å². The van der Waals surface area contributed by atoms with Crippen molar-refractivity contribution in [2.75, 3.05) is 0 Å². The highest BCUT2D eigenvalue weighted by molar-refractivity contribution is 5.76. The first-order valence-corrected chi connectivity index (χ1v) is 7.99. The fourth-order valence-corrected chi connectivity index (χ4v) is 3.84. The monoisotopic (exact) mass is 276 g/mol. The Bertz CT molecular complexity index is 440. The summed E-state index contributed by atoms with van der Waals surface area (Å²) in [5.74, 6) is 8.06. The normalized spacial score (nSPS) is 31.4. The van der Waals surface area contributed by atoms with Crippen LogP contribution < -0.4 is 0 Å². The van der Waals surface area contributed by atoms with E-state index in [1.165, 1.54) is 25.7 Å². The molecule has 0 N–H and O–H groups in total. The summed E-state index contributed by atoms with van der Waals surface area (Å²) < 4.78 is 5.96. The predicted octanol–water partition coefficient (Wildman–Crippen LogP) is 4.18. The van der Waals surface area contributed by atoms with Gasteiger partial charge >= 0.3 is 5.97 Å². The van der Waals surface area contributed by atoms with Gasteiger partial charge in [0.2, 0.25) is 0 Å². The highest BCUT2D eigenvalue weighted by Crippen LogP contribution is 2.53. The molecule has 0 aromatic heterocycles. The summed E-state index contributed by atoms with van der Waals surface area (Å²) in [5.41, 5.74) is -1.02. The second-order valence-corrected chi connectivity index (χ2v) is 7.39. The molecule has 0 aliphatic heterocycles. The van der Waals surface area contributed by atoms with E-state index in [9.17, 15) is 4.79 Å². The molecule has 0 aromatic rings. The van der Waals surface area contributed by atoms with Crippen LogP contribution in [0.4, 0.5) is 0 Å². The summed E-state index contributed by atoms with van der Waals surface area (Å²) >= 11 is 0. The zero-order valence-electron chi connectivity index (χ0n) is 13.6. The third kappa shape index (κ3) is 2.73. The van der Waals surface area contributed by atoms with Crippen LogP contribution in [0.15, 0.2) is 0 Å². The Labute approximate surface area is 123 Å². The van der Waals surface area contributed by atoms with Crippen LogP contribution in [0.25, 0.3) is 0 Å². The number of rotatable bonds is 4. The molecule has 0 aromatic carbocycles. The molecule has 2 saturated carbocycles. The maximum absolute atomic E-state index is 12.5. The van der Waals surface area contributed by atoms with Gasteiger partial charge in [0.1, 0.15) is 0 Å². The smallest absolute Gasteiger partial charge is 0.313 e. The largest absolute Gasteiger partial charge is 0.445 e. The Morgan fingerprint density at radius 2 is 1.95 bits per heavy atom. The zero-order valence-corrected chi connectivity index (χ0v) is 13.6. The summed E-state index contributed by atoms with van der Waals surface area (Å²) in [4.78, 5) is 12.5. The van der Waals surface area contributed by atoms with Gasteiger partial charge in [-0.1, -0.05) is 19.3 Å². The number of hydrogen-bond donors (Lipinski definition) is 0. The first-order chi connectivity index (χ1) is 9.32. The molecule has 2 aliphatic rings. The lowest BCUT2D eigenvalue weighted by molar-refractivity contribution is -0.169. The third-order valence-corrected chi connectivity index (χ3v) is 5.56. The lowest BCUT2D eigenvalue weighted by Gasteiger charge is -2.37. The van der Waals surface area contributed by atoms with E-state index < -0.39 is 11.0 Å². The number of ether oxygens (including phenoxy) is 1. The van der Waals surface area contributed by atoms with Crippen LogP contribution in [0, 0.1) is 35.0 Å². The van der Waals surface area contributed by atoms with Gasteiger partial charge in [0.15, 0.2) is 5.60 Å². The van der Waals surface area contributed by atoms with E-state index in [4.69, 9.17) is 4.74 Å². The van der Waals surface area contributed by atoms with Crippen LogP contribution in [0.2, 0.25) is 0 Å². The molecule has 2 bridgehead atoms. The van der Waals surface area contributed by atoms with E-state index in [-0.39, 0.29) is 5.97 Å². The van der Waals surface area contributed by atoms with Gasteiger partial charge in [0.25, 0.3) is 0 Å². The minimum absolute atomic E-state index is 0.104. The molecule has 4 unspecified atom stereocenters. The van der Waals surface area contributed by atoms with E-state index in [0.717, 1.165) is 12.3 Å². The van der Waals surface area contributed by atoms with Crippen LogP contribution in [0.5, 0.6) is 0 Å². The Morgan fingerprint density at radius 3 is 2.40 bits per heavy atom. The van der Waals surface area contributed by atoms with Crippen molar-refractivity contribution in [2.45, 2.75) is 72.3 Å². The van der Waals surface area contributed by atoms with Crippen LogP contribution in [0.3, 0.4) is 0 Å². The number of carbonyl (C=O) groups is 1. The van der Waals surface area contributed by atoms with E-state index in [1.807, 2.05) is 34.6 Å². The number of esters is 1. The molecular weight excluding hydrogens is 248 g/mol. The molecule has 2 heteroatoms. The summed E-state index contributed by atoms with van der Waals surface area (Å²) in [7, 11) is 0. The lowest BCUT2D eigenvalue weighted by atomic mass is 9.77. The zero-order chi connectivity index (χ0) is 15.0. The van der Waals surface area contributed by atoms with Crippen LogP contribution in [0.1, 0.15) is 66.7 Å².